The van der Waals surface area contributed by atoms with Gasteiger partial charge in [-0.15, -0.1) is 0 Å². The highest BCUT2D eigenvalue weighted by molar-refractivity contribution is 5.08. The Kier molecular flexibility index (Phi) is 9.43. The molecular formula is C27H50. The molecule has 0 heterocycles. The van der Waals surface area contributed by atoms with Gasteiger partial charge in [-0.25, -0.2) is 0 Å². The average molecular weight is 375 g/mol. The zero-order valence-electron chi connectivity index (χ0n) is 19.7. The molecule has 0 aromatic rings. The van der Waals surface area contributed by atoms with Gasteiger partial charge in [-0.3, -0.25) is 0 Å². The highest BCUT2D eigenvalue weighted by atomic mass is 14.4. The van der Waals surface area contributed by atoms with Crippen LogP contribution < -0.4 is 0 Å². The van der Waals surface area contributed by atoms with Gasteiger partial charge in [0, 0.05) is 0 Å². The maximum absolute atomic E-state index is 2.68. The first-order valence-corrected chi connectivity index (χ1v) is 12.4. The quantitative estimate of drug-likeness (QED) is 0.278. The Morgan fingerprint density at radius 3 is 2.41 bits per heavy atom. The summed E-state index contributed by atoms with van der Waals surface area (Å²) in [5.74, 6) is 4.71. The molecule has 1 saturated carbocycles. The van der Waals surface area contributed by atoms with E-state index in [0.717, 1.165) is 29.6 Å². The zero-order chi connectivity index (χ0) is 19.9. The van der Waals surface area contributed by atoms with Gasteiger partial charge in [-0.1, -0.05) is 85.3 Å². The van der Waals surface area contributed by atoms with Crippen molar-refractivity contribution >= 4 is 0 Å². The Hall–Kier alpha value is -0.260. The number of hydrogen-bond donors (Lipinski definition) is 0. The lowest BCUT2D eigenvalue weighted by molar-refractivity contribution is 0.245. The van der Waals surface area contributed by atoms with Crippen LogP contribution in [0.3, 0.4) is 0 Å². The molecule has 0 aromatic carbocycles. The monoisotopic (exact) mass is 374 g/mol. The summed E-state index contributed by atoms with van der Waals surface area (Å²) >= 11 is 0. The molecule has 0 N–H and O–H groups in total. The van der Waals surface area contributed by atoms with E-state index in [-0.39, 0.29) is 0 Å². The van der Waals surface area contributed by atoms with E-state index < -0.39 is 0 Å². The Balaban J connectivity index is 1.81. The van der Waals surface area contributed by atoms with Crippen LogP contribution in [0.25, 0.3) is 0 Å². The molecule has 0 amide bonds. The lowest BCUT2D eigenvalue weighted by atomic mass is 9.75. The van der Waals surface area contributed by atoms with Crippen molar-refractivity contribution in [3.63, 3.8) is 0 Å². The smallest absolute Gasteiger partial charge is 0.0292 e. The third-order valence-electron chi connectivity index (χ3n) is 7.49. The summed E-state index contributed by atoms with van der Waals surface area (Å²) in [4.78, 5) is 0. The molecule has 0 radical (unpaired) electrons. The van der Waals surface area contributed by atoms with Crippen LogP contribution in [0, 0.1) is 35.0 Å². The lowest BCUT2D eigenvalue weighted by Gasteiger charge is -2.30. The molecule has 3 unspecified atom stereocenters. The number of rotatable bonds is 9. The largest absolute Gasteiger partial charge is 0.0850 e. The molecule has 0 spiro atoms. The maximum Gasteiger partial charge on any atom is -0.0292 e. The third kappa shape index (κ3) is 8.74. The summed E-state index contributed by atoms with van der Waals surface area (Å²) in [6, 6.07) is 0. The first kappa shape index (κ1) is 23.0. The van der Waals surface area contributed by atoms with Crippen LogP contribution >= 0.6 is 0 Å². The van der Waals surface area contributed by atoms with Crippen molar-refractivity contribution in [3.8, 4) is 0 Å². The SMILES string of the molecule is CCCC(CCC(C)C)CC1CC=C(C[C@@H]2CCC(C)CC(C)(C)C2)CC1. The average Bonchev–Trinajstić information content (AvgIpc) is 2.71. The highest BCUT2D eigenvalue weighted by Gasteiger charge is 2.30. The summed E-state index contributed by atoms with van der Waals surface area (Å²) in [7, 11) is 0. The lowest BCUT2D eigenvalue weighted by Crippen LogP contribution is -2.17. The molecular weight excluding hydrogens is 324 g/mol. The standard InChI is InChI=1S/C27H50/c1-7-8-23(11-9-21(2)3)17-24-13-15-25(16-14-24)18-26-12-10-22(4)19-27(5,6)20-26/h15,21-24,26H,7-14,16-20H2,1-6H3/t22?,23?,24?,26-/m0/s1. The van der Waals surface area contributed by atoms with Crippen molar-refractivity contribution in [2.75, 3.05) is 0 Å². The van der Waals surface area contributed by atoms with Crippen LogP contribution in [-0.4, -0.2) is 0 Å². The van der Waals surface area contributed by atoms with E-state index in [4.69, 9.17) is 0 Å². The molecule has 27 heavy (non-hydrogen) atoms. The van der Waals surface area contributed by atoms with Crippen LogP contribution in [-0.2, 0) is 0 Å². The van der Waals surface area contributed by atoms with E-state index in [1.807, 2.05) is 5.57 Å². The molecule has 2 aliphatic rings. The molecule has 2 rings (SSSR count). The second-order valence-electron chi connectivity index (χ2n) is 11.7. The summed E-state index contributed by atoms with van der Waals surface area (Å²) < 4.78 is 0. The van der Waals surface area contributed by atoms with Crippen molar-refractivity contribution < 1.29 is 0 Å². The molecule has 0 nitrogen and oxygen atoms in total. The van der Waals surface area contributed by atoms with Crippen LogP contribution in [0.2, 0.25) is 0 Å². The van der Waals surface area contributed by atoms with Gasteiger partial charge in [0.25, 0.3) is 0 Å². The minimum absolute atomic E-state index is 0.558. The number of allylic oxidation sites excluding steroid dienone is 2. The molecule has 1 fully saturated rings. The van der Waals surface area contributed by atoms with Gasteiger partial charge in [0.2, 0.25) is 0 Å². The van der Waals surface area contributed by atoms with Gasteiger partial charge in [-0.05, 0) is 86.4 Å². The predicted molar refractivity (Wildman–Crippen MR) is 122 cm³/mol. The van der Waals surface area contributed by atoms with Gasteiger partial charge in [0.1, 0.15) is 0 Å². The molecule has 0 heteroatoms. The van der Waals surface area contributed by atoms with Gasteiger partial charge in [0.15, 0.2) is 0 Å². The van der Waals surface area contributed by atoms with Crippen molar-refractivity contribution in [1.29, 1.82) is 0 Å². The summed E-state index contributed by atoms with van der Waals surface area (Å²) in [6.07, 6.45) is 21.4. The molecule has 158 valence electrons. The minimum atomic E-state index is 0.558. The first-order valence-electron chi connectivity index (χ1n) is 12.4. The Bertz CT molecular complexity index is 441. The molecule has 0 aromatic heterocycles. The number of hydrogen-bond acceptors (Lipinski definition) is 0. The van der Waals surface area contributed by atoms with Crippen LogP contribution in [0.1, 0.15) is 125 Å². The molecule has 4 atom stereocenters. The van der Waals surface area contributed by atoms with Crippen molar-refractivity contribution in [1.82, 2.24) is 0 Å². The van der Waals surface area contributed by atoms with Gasteiger partial charge >= 0.3 is 0 Å². The molecule has 0 aliphatic heterocycles. The molecule has 0 bridgehead atoms. The van der Waals surface area contributed by atoms with Crippen LogP contribution in [0.5, 0.6) is 0 Å². The van der Waals surface area contributed by atoms with E-state index in [1.165, 1.54) is 83.5 Å². The predicted octanol–water partition coefficient (Wildman–Crippen LogP) is 9.20. The zero-order valence-corrected chi connectivity index (χ0v) is 19.7. The van der Waals surface area contributed by atoms with E-state index in [0.29, 0.717) is 5.41 Å². The van der Waals surface area contributed by atoms with Gasteiger partial charge < -0.3 is 0 Å². The molecule has 0 saturated heterocycles. The second-order valence-corrected chi connectivity index (χ2v) is 11.7. The minimum Gasteiger partial charge on any atom is -0.0850 e. The van der Waals surface area contributed by atoms with E-state index >= 15 is 0 Å². The Labute approximate surface area is 172 Å². The maximum atomic E-state index is 2.68. The van der Waals surface area contributed by atoms with E-state index in [1.54, 1.807) is 0 Å². The van der Waals surface area contributed by atoms with E-state index in [9.17, 15) is 0 Å². The van der Waals surface area contributed by atoms with Gasteiger partial charge in [-0.2, -0.15) is 0 Å². The Morgan fingerprint density at radius 2 is 1.78 bits per heavy atom. The summed E-state index contributed by atoms with van der Waals surface area (Å²) in [5.41, 5.74) is 2.37. The summed E-state index contributed by atoms with van der Waals surface area (Å²) in [5, 5.41) is 0. The summed E-state index contributed by atoms with van der Waals surface area (Å²) in [6.45, 7) is 14.6. The normalized spacial score (nSPS) is 30.0. The van der Waals surface area contributed by atoms with Crippen molar-refractivity contribution in [2.45, 2.75) is 125 Å². The fourth-order valence-electron chi connectivity index (χ4n) is 6.25. The van der Waals surface area contributed by atoms with Crippen molar-refractivity contribution in [3.05, 3.63) is 11.6 Å². The molecule has 2 aliphatic carbocycles. The van der Waals surface area contributed by atoms with Crippen LogP contribution in [0.15, 0.2) is 11.6 Å². The first-order chi connectivity index (χ1) is 12.8. The second kappa shape index (κ2) is 11.1. The van der Waals surface area contributed by atoms with Gasteiger partial charge in [0.05, 0.1) is 0 Å². The van der Waals surface area contributed by atoms with Crippen LogP contribution in [0.4, 0.5) is 0 Å². The van der Waals surface area contributed by atoms with Crippen molar-refractivity contribution in [2.24, 2.45) is 35.0 Å². The third-order valence-corrected chi connectivity index (χ3v) is 7.49. The fourth-order valence-corrected chi connectivity index (χ4v) is 6.25. The Morgan fingerprint density at radius 1 is 1.00 bits per heavy atom. The fraction of sp³-hybridized carbons (Fsp3) is 0.926. The van der Waals surface area contributed by atoms with E-state index in [2.05, 4.69) is 47.6 Å². The topological polar surface area (TPSA) is 0 Å². The highest BCUT2D eigenvalue weighted by Crippen LogP contribution is 2.43.